The van der Waals surface area contributed by atoms with Gasteiger partial charge in [0.2, 0.25) is 0 Å². The molecule has 0 fully saturated rings. The molecule has 0 saturated carbocycles. The van der Waals surface area contributed by atoms with Crippen LogP contribution in [0, 0.1) is 0 Å². The zero-order chi connectivity index (χ0) is 11.9. The molecular weight excluding hydrogens is 212 g/mol. The summed E-state index contributed by atoms with van der Waals surface area (Å²) < 4.78 is 0. The molecule has 2 rings (SSSR count). The van der Waals surface area contributed by atoms with Crippen LogP contribution in [0.1, 0.15) is 5.56 Å². The van der Waals surface area contributed by atoms with Gasteiger partial charge in [-0.05, 0) is 35.9 Å². The first kappa shape index (κ1) is 11.1. The van der Waals surface area contributed by atoms with Crippen LogP contribution < -0.4 is 0 Å². The van der Waals surface area contributed by atoms with E-state index in [4.69, 9.17) is 5.11 Å². The molecule has 0 heterocycles. The van der Waals surface area contributed by atoms with Gasteiger partial charge in [0.05, 0.1) is 11.9 Å². The molecule has 84 valence electrons. The lowest BCUT2D eigenvalue weighted by molar-refractivity contribution is 0.475. The highest BCUT2D eigenvalue weighted by atomic mass is 16.3. The van der Waals surface area contributed by atoms with E-state index in [1.165, 1.54) is 0 Å². The molecule has 2 aromatic rings. The van der Waals surface area contributed by atoms with E-state index in [1.807, 2.05) is 48.5 Å². The average Bonchev–Trinajstić information content (AvgIpc) is 2.38. The van der Waals surface area contributed by atoms with Crippen molar-refractivity contribution < 1.29 is 5.11 Å². The van der Waals surface area contributed by atoms with Gasteiger partial charge in [-0.3, -0.25) is 0 Å². The number of aromatic hydroxyl groups is 1. The zero-order valence-corrected chi connectivity index (χ0v) is 9.19. The first-order valence-electron chi connectivity index (χ1n) is 5.26. The minimum absolute atomic E-state index is 0.257. The van der Waals surface area contributed by atoms with Gasteiger partial charge in [-0.15, -0.1) is 0 Å². The van der Waals surface area contributed by atoms with Crippen LogP contribution in [-0.4, -0.2) is 5.11 Å². The van der Waals surface area contributed by atoms with Crippen molar-refractivity contribution in [1.82, 2.24) is 0 Å². The van der Waals surface area contributed by atoms with Crippen LogP contribution in [0.5, 0.6) is 5.75 Å². The molecule has 0 radical (unpaired) electrons. The fraction of sp³-hybridized carbons (Fsp3) is 0. The number of azo groups is 1. The van der Waals surface area contributed by atoms with Gasteiger partial charge in [0.25, 0.3) is 0 Å². The summed E-state index contributed by atoms with van der Waals surface area (Å²) in [5.74, 6) is 0.257. The van der Waals surface area contributed by atoms with E-state index >= 15 is 0 Å². The standard InChI is InChI=1S/C14H12N2O/c17-14-8-6-12(7-9-14)10-11-15-16-13-4-2-1-3-5-13/h1-11,17H. The second-order valence-electron chi connectivity index (χ2n) is 3.46. The van der Waals surface area contributed by atoms with Gasteiger partial charge >= 0.3 is 0 Å². The maximum Gasteiger partial charge on any atom is 0.115 e. The molecule has 2 aromatic carbocycles. The van der Waals surface area contributed by atoms with E-state index in [2.05, 4.69) is 10.2 Å². The lowest BCUT2D eigenvalue weighted by atomic mass is 10.2. The minimum Gasteiger partial charge on any atom is -0.508 e. The number of nitrogens with zero attached hydrogens (tertiary/aromatic N) is 2. The van der Waals surface area contributed by atoms with Gasteiger partial charge in [0.15, 0.2) is 0 Å². The van der Waals surface area contributed by atoms with Crippen LogP contribution in [-0.2, 0) is 0 Å². The summed E-state index contributed by atoms with van der Waals surface area (Å²) in [6, 6.07) is 16.4. The Morgan fingerprint density at radius 3 is 2.29 bits per heavy atom. The molecule has 0 aliphatic carbocycles. The third-order valence-electron chi connectivity index (χ3n) is 2.16. The Labute approximate surface area is 99.8 Å². The summed E-state index contributed by atoms with van der Waals surface area (Å²) in [6.45, 7) is 0. The summed E-state index contributed by atoms with van der Waals surface area (Å²) in [7, 11) is 0. The second-order valence-corrected chi connectivity index (χ2v) is 3.46. The Hall–Kier alpha value is -2.42. The molecule has 0 bridgehead atoms. The van der Waals surface area contributed by atoms with Crippen molar-refractivity contribution in [1.29, 1.82) is 0 Å². The van der Waals surface area contributed by atoms with Gasteiger partial charge < -0.3 is 5.11 Å². The van der Waals surface area contributed by atoms with E-state index in [9.17, 15) is 0 Å². The van der Waals surface area contributed by atoms with E-state index in [-0.39, 0.29) is 5.75 Å². The van der Waals surface area contributed by atoms with Crippen molar-refractivity contribution in [2.75, 3.05) is 0 Å². The molecule has 0 amide bonds. The van der Waals surface area contributed by atoms with E-state index in [0.717, 1.165) is 11.3 Å². The molecule has 1 N–H and O–H groups in total. The van der Waals surface area contributed by atoms with Crippen LogP contribution in [0.25, 0.3) is 6.08 Å². The predicted octanol–water partition coefficient (Wildman–Crippen LogP) is 4.15. The molecule has 0 aliphatic rings. The molecule has 0 saturated heterocycles. The summed E-state index contributed by atoms with van der Waals surface area (Å²) in [5, 5.41) is 17.1. The van der Waals surface area contributed by atoms with Crippen molar-refractivity contribution in [3.63, 3.8) is 0 Å². The molecule has 17 heavy (non-hydrogen) atoms. The van der Waals surface area contributed by atoms with Gasteiger partial charge in [-0.2, -0.15) is 10.2 Å². The highest BCUT2D eigenvalue weighted by Gasteiger charge is 1.87. The SMILES string of the molecule is Oc1ccc(C=CN=Nc2ccccc2)cc1. The van der Waals surface area contributed by atoms with Crippen molar-refractivity contribution in [2.24, 2.45) is 10.2 Å². The summed E-state index contributed by atoms with van der Waals surface area (Å²) in [6.07, 6.45) is 3.45. The summed E-state index contributed by atoms with van der Waals surface area (Å²) in [4.78, 5) is 0. The second kappa shape index (κ2) is 5.61. The monoisotopic (exact) mass is 224 g/mol. The van der Waals surface area contributed by atoms with Crippen LogP contribution in [0.2, 0.25) is 0 Å². The molecule has 0 atom stereocenters. The number of hydrogen-bond donors (Lipinski definition) is 1. The number of phenolic OH excluding ortho intramolecular Hbond substituents is 1. The van der Waals surface area contributed by atoms with E-state index in [0.29, 0.717) is 0 Å². The number of hydrogen-bond acceptors (Lipinski definition) is 3. The van der Waals surface area contributed by atoms with Gasteiger partial charge in [-0.1, -0.05) is 30.3 Å². The zero-order valence-electron chi connectivity index (χ0n) is 9.19. The van der Waals surface area contributed by atoms with Gasteiger partial charge in [0, 0.05) is 0 Å². The average molecular weight is 224 g/mol. The largest absolute Gasteiger partial charge is 0.508 e. The van der Waals surface area contributed by atoms with Gasteiger partial charge in [0.1, 0.15) is 5.75 Å². The maximum atomic E-state index is 9.11. The smallest absolute Gasteiger partial charge is 0.115 e. The lowest BCUT2D eigenvalue weighted by Gasteiger charge is -1.92. The Bertz CT molecular complexity index is 516. The Morgan fingerprint density at radius 1 is 0.882 bits per heavy atom. The predicted molar refractivity (Wildman–Crippen MR) is 68.1 cm³/mol. The van der Waals surface area contributed by atoms with Crippen LogP contribution in [0.4, 0.5) is 5.69 Å². The molecule has 0 spiro atoms. The molecule has 3 heteroatoms. The lowest BCUT2D eigenvalue weighted by Crippen LogP contribution is -1.69. The quantitative estimate of drug-likeness (QED) is 0.782. The fourth-order valence-corrected chi connectivity index (χ4v) is 1.30. The maximum absolute atomic E-state index is 9.11. The Morgan fingerprint density at radius 2 is 1.59 bits per heavy atom. The number of benzene rings is 2. The summed E-state index contributed by atoms with van der Waals surface area (Å²) in [5.41, 5.74) is 1.79. The van der Waals surface area contributed by atoms with E-state index in [1.54, 1.807) is 18.3 Å². The normalized spacial score (nSPS) is 11.3. The number of rotatable bonds is 3. The van der Waals surface area contributed by atoms with Crippen molar-refractivity contribution in [2.45, 2.75) is 0 Å². The molecular formula is C14H12N2O. The highest BCUT2D eigenvalue weighted by Crippen LogP contribution is 2.12. The van der Waals surface area contributed by atoms with Gasteiger partial charge in [-0.25, -0.2) is 0 Å². The summed E-state index contributed by atoms with van der Waals surface area (Å²) >= 11 is 0. The van der Waals surface area contributed by atoms with Crippen molar-refractivity contribution in [3.8, 4) is 5.75 Å². The first-order chi connectivity index (χ1) is 8.34. The molecule has 0 aliphatic heterocycles. The van der Waals surface area contributed by atoms with Crippen LogP contribution >= 0.6 is 0 Å². The minimum atomic E-state index is 0.257. The number of phenols is 1. The van der Waals surface area contributed by atoms with Crippen molar-refractivity contribution in [3.05, 3.63) is 66.4 Å². The fourth-order valence-electron chi connectivity index (χ4n) is 1.30. The third-order valence-corrected chi connectivity index (χ3v) is 2.16. The highest BCUT2D eigenvalue weighted by molar-refractivity contribution is 5.50. The van der Waals surface area contributed by atoms with Crippen LogP contribution in [0.15, 0.2) is 71.0 Å². The Balaban J connectivity index is 1.98. The van der Waals surface area contributed by atoms with Crippen LogP contribution in [0.3, 0.4) is 0 Å². The van der Waals surface area contributed by atoms with Crippen molar-refractivity contribution >= 4 is 11.8 Å². The molecule has 3 nitrogen and oxygen atoms in total. The Kier molecular flexibility index (Phi) is 3.65. The van der Waals surface area contributed by atoms with E-state index < -0.39 is 0 Å². The topological polar surface area (TPSA) is 45.0 Å². The molecule has 0 unspecified atom stereocenters. The third kappa shape index (κ3) is 3.57. The first-order valence-corrected chi connectivity index (χ1v) is 5.26. The molecule has 0 aromatic heterocycles.